The summed E-state index contributed by atoms with van der Waals surface area (Å²) in [6, 6.07) is 10.9. The lowest BCUT2D eigenvalue weighted by Crippen LogP contribution is -2.28. The minimum Gasteiger partial charge on any atom is -0.379 e. The van der Waals surface area contributed by atoms with Gasteiger partial charge in [-0.05, 0) is 50.7 Å². The molecule has 1 aliphatic carbocycles. The van der Waals surface area contributed by atoms with Crippen LogP contribution in [0.2, 0.25) is 0 Å². The van der Waals surface area contributed by atoms with Crippen molar-refractivity contribution in [2.45, 2.75) is 50.5 Å². The van der Waals surface area contributed by atoms with E-state index in [0.29, 0.717) is 0 Å². The number of nitrogens with zero attached hydrogens (tertiary/aromatic N) is 1. The van der Waals surface area contributed by atoms with Gasteiger partial charge in [0.05, 0.1) is 17.1 Å². The first kappa shape index (κ1) is 13.1. The molecule has 0 aliphatic heterocycles. The van der Waals surface area contributed by atoms with E-state index >= 15 is 0 Å². The van der Waals surface area contributed by atoms with E-state index in [1.165, 1.54) is 11.1 Å². The SMILES string of the molecule is COC(C)(C)CCC1(C#N)CCc2ccccc21. The molecule has 1 aromatic carbocycles. The first-order valence-electron chi connectivity index (χ1n) is 6.58. The Morgan fingerprint density at radius 2 is 2.11 bits per heavy atom. The van der Waals surface area contributed by atoms with Crippen molar-refractivity contribution in [2.24, 2.45) is 0 Å². The Labute approximate surface area is 110 Å². The Hall–Kier alpha value is -1.33. The van der Waals surface area contributed by atoms with Crippen LogP contribution in [0.25, 0.3) is 0 Å². The Morgan fingerprint density at radius 1 is 1.39 bits per heavy atom. The predicted octanol–water partition coefficient (Wildman–Crippen LogP) is 3.60. The molecule has 0 radical (unpaired) electrons. The van der Waals surface area contributed by atoms with Crippen molar-refractivity contribution in [3.05, 3.63) is 35.4 Å². The smallest absolute Gasteiger partial charge is 0.0829 e. The third-order valence-electron chi connectivity index (χ3n) is 4.27. The summed E-state index contributed by atoms with van der Waals surface area (Å²) in [7, 11) is 1.74. The molecule has 1 unspecified atom stereocenters. The van der Waals surface area contributed by atoms with Crippen molar-refractivity contribution in [2.75, 3.05) is 7.11 Å². The minimum atomic E-state index is -0.299. The van der Waals surface area contributed by atoms with Crippen LogP contribution < -0.4 is 0 Å². The standard InChI is InChI=1S/C16H21NO/c1-15(2,18-3)10-11-16(12-17)9-8-13-6-4-5-7-14(13)16/h4-7H,8-11H2,1-3H3. The van der Waals surface area contributed by atoms with Crippen LogP contribution in [0.15, 0.2) is 24.3 Å². The summed E-state index contributed by atoms with van der Waals surface area (Å²) in [6.07, 6.45) is 3.76. The van der Waals surface area contributed by atoms with Crippen molar-refractivity contribution in [1.82, 2.24) is 0 Å². The molecule has 2 rings (SSSR count). The number of rotatable bonds is 4. The van der Waals surface area contributed by atoms with Crippen molar-refractivity contribution < 1.29 is 4.74 Å². The van der Waals surface area contributed by atoms with Gasteiger partial charge in [0, 0.05) is 7.11 Å². The quantitative estimate of drug-likeness (QED) is 0.809. The molecule has 1 atom stereocenters. The number of hydrogen-bond donors (Lipinski definition) is 0. The summed E-state index contributed by atoms with van der Waals surface area (Å²) in [4.78, 5) is 0. The number of aryl methyl sites for hydroxylation is 1. The minimum absolute atomic E-state index is 0.151. The van der Waals surface area contributed by atoms with Crippen LogP contribution in [0.4, 0.5) is 0 Å². The third kappa shape index (κ3) is 2.28. The van der Waals surface area contributed by atoms with Crippen LogP contribution in [0.1, 0.15) is 44.2 Å². The summed E-state index contributed by atoms with van der Waals surface area (Å²) >= 11 is 0. The molecule has 1 aromatic rings. The zero-order valence-electron chi connectivity index (χ0n) is 11.5. The summed E-state index contributed by atoms with van der Waals surface area (Å²) in [5.41, 5.74) is 2.13. The van der Waals surface area contributed by atoms with Gasteiger partial charge in [-0.1, -0.05) is 24.3 Å². The van der Waals surface area contributed by atoms with Gasteiger partial charge < -0.3 is 4.74 Å². The molecule has 0 fully saturated rings. The molecular weight excluding hydrogens is 222 g/mol. The average molecular weight is 243 g/mol. The molecule has 0 spiro atoms. The normalized spacial score (nSPS) is 22.6. The number of benzene rings is 1. The van der Waals surface area contributed by atoms with E-state index in [1.54, 1.807) is 7.11 Å². The van der Waals surface area contributed by atoms with Crippen LogP contribution in [0, 0.1) is 11.3 Å². The van der Waals surface area contributed by atoms with Crippen LogP contribution in [0.3, 0.4) is 0 Å². The Balaban J connectivity index is 2.22. The van der Waals surface area contributed by atoms with Crippen LogP contribution >= 0.6 is 0 Å². The predicted molar refractivity (Wildman–Crippen MR) is 72.4 cm³/mol. The van der Waals surface area contributed by atoms with Gasteiger partial charge in [-0.3, -0.25) is 0 Å². The molecule has 18 heavy (non-hydrogen) atoms. The van der Waals surface area contributed by atoms with Crippen LogP contribution in [0.5, 0.6) is 0 Å². The van der Waals surface area contributed by atoms with E-state index in [0.717, 1.165) is 25.7 Å². The van der Waals surface area contributed by atoms with Gasteiger partial charge in [0.1, 0.15) is 0 Å². The van der Waals surface area contributed by atoms with E-state index in [9.17, 15) is 5.26 Å². The maximum Gasteiger partial charge on any atom is 0.0829 e. The summed E-state index contributed by atoms with van der Waals surface area (Å²) in [6.45, 7) is 4.16. The summed E-state index contributed by atoms with van der Waals surface area (Å²) in [5.74, 6) is 0. The molecule has 0 N–H and O–H groups in total. The first-order valence-corrected chi connectivity index (χ1v) is 6.58. The lowest BCUT2D eigenvalue weighted by atomic mass is 9.77. The molecule has 0 amide bonds. The highest BCUT2D eigenvalue weighted by molar-refractivity contribution is 5.44. The number of fused-ring (bicyclic) bond motifs is 1. The molecule has 0 aromatic heterocycles. The average Bonchev–Trinajstić information content (AvgIpc) is 2.76. The van der Waals surface area contributed by atoms with E-state index < -0.39 is 0 Å². The molecule has 0 saturated heterocycles. The zero-order chi connectivity index (χ0) is 13.2. The highest BCUT2D eigenvalue weighted by Crippen LogP contribution is 2.43. The van der Waals surface area contributed by atoms with Gasteiger partial charge in [-0.25, -0.2) is 0 Å². The fourth-order valence-corrected chi connectivity index (χ4v) is 2.74. The number of nitriles is 1. The molecular formula is C16H21NO. The maximum absolute atomic E-state index is 9.64. The Bertz CT molecular complexity index is 472. The van der Waals surface area contributed by atoms with Crippen LogP contribution in [-0.2, 0) is 16.6 Å². The first-order chi connectivity index (χ1) is 8.53. The monoisotopic (exact) mass is 243 g/mol. The lowest BCUT2D eigenvalue weighted by Gasteiger charge is -2.29. The molecule has 2 nitrogen and oxygen atoms in total. The molecule has 0 saturated carbocycles. The molecule has 0 bridgehead atoms. The second-order valence-corrected chi connectivity index (χ2v) is 5.81. The van der Waals surface area contributed by atoms with Crippen molar-refractivity contribution in [3.8, 4) is 6.07 Å². The van der Waals surface area contributed by atoms with Gasteiger partial charge in [-0.15, -0.1) is 0 Å². The molecule has 0 heterocycles. The van der Waals surface area contributed by atoms with Gasteiger partial charge >= 0.3 is 0 Å². The van der Waals surface area contributed by atoms with Crippen molar-refractivity contribution >= 4 is 0 Å². The fraction of sp³-hybridized carbons (Fsp3) is 0.562. The van der Waals surface area contributed by atoms with Gasteiger partial charge in [0.25, 0.3) is 0 Å². The van der Waals surface area contributed by atoms with Crippen LogP contribution in [-0.4, -0.2) is 12.7 Å². The highest BCUT2D eigenvalue weighted by atomic mass is 16.5. The Kier molecular flexibility index (Phi) is 3.45. The summed E-state index contributed by atoms with van der Waals surface area (Å²) < 4.78 is 5.47. The molecule has 1 aliphatic rings. The van der Waals surface area contributed by atoms with Gasteiger partial charge in [0.15, 0.2) is 0 Å². The third-order valence-corrected chi connectivity index (χ3v) is 4.27. The lowest BCUT2D eigenvalue weighted by molar-refractivity contribution is 0.0105. The van der Waals surface area contributed by atoms with Crippen molar-refractivity contribution in [3.63, 3.8) is 0 Å². The van der Waals surface area contributed by atoms with Gasteiger partial charge in [0.2, 0.25) is 0 Å². The van der Waals surface area contributed by atoms with Gasteiger partial charge in [-0.2, -0.15) is 5.26 Å². The van der Waals surface area contributed by atoms with E-state index in [-0.39, 0.29) is 11.0 Å². The Morgan fingerprint density at radius 3 is 2.78 bits per heavy atom. The summed E-state index contributed by atoms with van der Waals surface area (Å²) in [5, 5.41) is 9.64. The van der Waals surface area contributed by atoms with E-state index in [4.69, 9.17) is 4.74 Å². The second kappa shape index (κ2) is 4.74. The maximum atomic E-state index is 9.64. The zero-order valence-corrected chi connectivity index (χ0v) is 11.5. The number of methoxy groups -OCH3 is 1. The highest BCUT2D eigenvalue weighted by Gasteiger charge is 2.39. The largest absolute Gasteiger partial charge is 0.379 e. The number of ether oxygens (including phenoxy) is 1. The molecule has 96 valence electrons. The van der Waals surface area contributed by atoms with E-state index in [1.807, 2.05) is 6.07 Å². The fourth-order valence-electron chi connectivity index (χ4n) is 2.74. The van der Waals surface area contributed by atoms with Crippen molar-refractivity contribution in [1.29, 1.82) is 5.26 Å². The second-order valence-electron chi connectivity index (χ2n) is 5.81. The molecule has 2 heteroatoms. The van der Waals surface area contributed by atoms with E-state index in [2.05, 4.69) is 38.1 Å². The number of hydrogen-bond acceptors (Lipinski definition) is 2. The topological polar surface area (TPSA) is 33.0 Å².